The number of carbonyl (C=O) groups is 1. The third-order valence-corrected chi connectivity index (χ3v) is 9.24. The molecule has 0 amide bonds. The summed E-state index contributed by atoms with van der Waals surface area (Å²) in [6, 6.07) is 38.3. The molecule has 6 aromatic rings. The zero-order chi connectivity index (χ0) is 33.0. The van der Waals surface area contributed by atoms with Crippen molar-refractivity contribution >= 4 is 39.9 Å². The monoisotopic (exact) mass is 652 g/mol. The number of fused-ring (bicyclic) bond motifs is 2. The topological polar surface area (TPSA) is 79.1 Å². The summed E-state index contributed by atoms with van der Waals surface area (Å²) in [5.74, 6) is 0.877. The van der Waals surface area contributed by atoms with E-state index in [1.807, 2.05) is 103 Å². The first-order valence-corrected chi connectivity index (χ1v) is 16.5. The second-order valence-corrected chi connectivity index (χ2v) is 12.2. The summed E-state index contributed by atoms with van der Waals surface area (Å²) in [6.45, 7) is 2.39. The molecule has 0 fully saturated rings. The lowest BCUT2D eigenvalue weighted by Gasteiger charge is -2.26. The molecular weight excluding hydrogens is 621 g/mol. The Labute approximate surface area is 281 Å². The summed E-state index contributed by atoms with van der Waals surface area (Å²) < 4.78 is 19.2. The number of hydrogen-bond acceptors (Lipinski definition) is 7. The lowest BCUT2D eigenvalue weighted by Crippen LogP contribution is -2.40. The van der Waals surface area contributed by atoms with E-state index in [2.05, 4.69) is 24.3 Å². The summed E-state index contributed by atoms with van der Waals surface area (Å²) in [4.78, 5) is 33.2. The number of methoxy groups -OCH3 is 1. The Kier molecular flexibility index (Phi) is 8.72. The Morgan fingerprint density at radius 2 is 1.56 bits per heavy atom. The van der Waals surface area contributed by atoms with Crippen molar-refractivity contribution in [3.05, 3.63) is 169 Å². The molecule has 1 atom stereocenters. The van der Waals surface area contributed by atoms with Crippen LogP contribution in [0.1, 0.15) is 35.2 Å². The van der Waals surface area contributed by atoms with Gasteiger partial charge in [0.1, 0.15) is 18.1 Å². The van der Waals surface area contributed by atoms with Gasteiger partial charge in [0.25, 0.3) is 5.56 Å². The van der Waals surface area contributed by atoms with Gasteiger partial charge in [0.05, 0.1) is 35.6 Å². The van der Waals surface area contributed by atoms with Gasteiger partial charge in [0, 0.05) is 5.56 Å². The summed E-state index contributed by atoms with van der Waals surface area (Å²) in [5.41, 5.74) is 3.99. The van der Waals surface area contributed by atoms with E-state index in [1.54, 1.807) is 18.6 Å². The molecule has 48 heavy (non-hydrogen) atoms. The van der Waals surface area contributed by atoms with Gasteiger partial charge >= 0.3 is 5.97 Å². The molecule has 0 saturated heterocycles. The maximum Gasteiger partial charge on any atom is 0.338 e. The Hall–Kier alpha value is -5.73. The zero-order valence-corrected chi connectivity index (χ0v) is 27.3. The van der Waals surface area contributed by atoms with Crippen LogP contribution in [0.2, 0.25) is 0 Å². The molecule has 0 aliphatic carbocycles. The van der Waals surface area contributed by atoms with Gasteiger partial charge in [-0.1, -0.05) is 108 Å². The number of thiazole rings is 1. The maximum absolute atomic E-state index is 14.2. The lowest BCUT2D eigenvalue weighted by molar-refractivity contribution is -0.138. The predicted octanol–water partition coefficient (Wildman–Crippen LogP) is 6.68. The number of aromatic nitrogens is 1. The molecule has 8 heteroatoms. The minimum absolute atomic E-state index is 0.186. The molecular formula is C40H32N2O5S. The first kappa shape index (κ1) is 30.9. The summed E-state index contributed by atoms with van der Waals surface area (Å²) >= 11 is 1.29. The second-order valence-electron chi connectivity index (χ2n) is 11.2. The van der Waals surface area contributed by atoms with Gasteiger partial charge in [-0.2, -0.15) is 0 Å². The van der Waals surface area contributed by atoms with Crippen LogP contribution in [0, 0.1) is 0 Å². The van der Waals surface area contributed by atoms with Gasteiger partial charge in [-0.05, 0) is 64.7 Å². The van der Waals surface area contributed by atoms with E-state index in [-0.39, 0.29) is 12.2 Å². The number of benzene rings is 5. The van der Waals surface area contributed by atoms with E-state index in [0.29, 0.717) is 33.0 Å². The maximum atomic E-state index is 14.2. The molecule has 0 N–H and O–H groups in total. The Morgan fingerprint density at radius 1 is 0.854 bits per heavy atom. The predicted molar refractivity (Wildman–Crippen MR) is 189 cm³/mol. The minimum Gasteiger partial charge on any atom is -0.497 e. The van der Waals surface area contributed by atoms with E-state index in [0.717, 1.165) is 28.0 Å². The van der Waals surface area contributed by atoms with Crippen molar-refractivity contribution in [2.75, 3.05) is 13.7 Å². The third-order valence-electron chi connectivity index (χ3n) is 8.26. The third kappa shape index (κ3) is 6.06. The first-order chi connectivity index (χ1) is 23.5. The van der Waals surface area contributed by atoms with E-state index in [4.69, 9.17) is 19.2 Å². The number of ether oxygens (including phenoxy) is 3. The minimum atomic E-state index is -0.756. The van der Waals surface area contributed by atoms with Crippen LogP contribution in [0.4, 0.5) is 0 Å². The van der Waals surface area contributed by atoms with Crippen LogP contribution in [0.25, 0.3) is 22.5 Å². The van der Waals surface area contributed by atoms with Gasteiger partial charge in [0.15, 0.2) is 4.80 Å². The number of hydrogen-bond donors (Lipinski definition) is 0. The average Bonchev–Trinajstić information content (AvgIpc) is 3.44. The average molecular weight is 653 g/mol. The number of carbonyl (C=O) groups excluding carboxylic acids is 1. The van der Waals surface area contributed by atoms with Crippen molar-refractivity contribution in [3.63, 3.8) is 0 Å². The van der Waals surface area contributed by atoms with E-state index in [1.165, 1.54) is 22.1 Å². The highest BCUT2D eigenvalue weighted by Gasteiger charge is 2.35. The summed E-state index contributed by atoms with van der Waals surface area (Å²) in [7, 11) is 1.60. The van der Waals surface area contributed by atoms with Crippen molar-refractivity contribution in [2.24, 2.45) is 4.99 Å². The molecule has 0 bridgehead atoms. The quantitative estimate of drug-likeness (QED) is 0.163. The van der Waals surface area contributed by atoms with Crippen LogP contribution >= 0.6 is 11.3 Å². The normalized spacial score (nSPS) is 14.4. The molecule has 1 aliphatic rings. The molecule has 5 aromatic carbocycles. The van der Waals surface area contributed by atoms with Gasteiger partial charge in [-0.3, -0.25) is 9.36 Å². The van der Waals surface area contributed by atoms with Crippen molar-refractivity contribution < 1.29 is 19.0 Å². The Morgan fingerprint density at radius 3 is 2.31 bits per heavy atom. The fourth-order valence-electron chi connectivity index (χ4n) is 5.93. The second kappa shape index (κ2) is 13.6. The van der Waals surface area contributed by atoms with Crippen molar-refractivity contribution in [1.82, 2.24) is 4.57 Å². The standard InChI is InChI=1S/C40H32N2O5S/c1-3-46-39(44)35-36(28-11-5-4-6-12-28)41-40-42(37(35)29-18-22-31(45-2)23-19-29)38(43)34(48-40)24-26-16-20-32(21-17-26)47-25-30-14-9-13-27-10-7-8-15-33(27)30/h4-24,37H,3,25H2,1-2H3/b34-24-/t37-/m0/s1. The molecule has 2 heterocycles. The smallest absolute Gasteiger partial charge is 0.338 e. The number of rotatable bonds is 9. The largest absolute Gasteiger partial charge is 0.497 e. The molecule has 0 spiro atoms. The Balaban J connectivity index is 1.27. The van der Waals surface area contributed by atoms with Crippen LogP contribution in [0.15, 0.2) is 137 Å². The van der Waals surface area contributed by atoms with Crippen LogP contribution in [-0.4, -0.2) is 24.3 Å². The highest BCUT2D eigenvalue weighted by molar-refractivity contribution is 7.07. The fourth-order valence-corrected chi connectivity index (χ4v) is 6.93. The van der Waals surface area contributed by atoms with Crippen LogP contribution in [-0.2, 0) is 16.1 Å². The van der Waals surface area contributed by atoms with Gasteiger partial charge in [-0.25, -0.2) is 9.79 Å². The first-order valence-electron chi connectivity index (χ1n) is 15.7. The molecule has 0 saturated carbocycles. The zero-order valence-electron chi connectivity index (χ0n) is 26.5. The van der Waals surface area contributed by atoms with Crippen LogP contribution in [0.3, 0.4) is 0 Å². The van der Waals surface area contributed by atoms with Crippen LogP contribution in [0.5, 0.6) is 11.5 Å². The van der Waals surface area contributed by atoms with Gasteiger partial charge < -0.3 is 14.2 Å². The highest BCUT2D eigenvalue weighted by Crippen LogP contribution is 2.35. The molecule has 0 radical (unpaired) electrons. The van der Waals surface area contributed by atoms with E-state index >= 15 is 0 Å². The molecule has 238 valence electrons. The van der Waals surface area contributed by atoms with Gasteiger partial charge in [-0.15, -0.1) is 0 Å². The van der Waals surface area contributed by atoms with Crippen LogP contribution < -0.4 is 24.4 Å². The molecule has 7 rings (SSSR count). The highest BCUT2D eigenvalue weighted by atomic mass is 32.1. The van der Waals surface area contributed by atoms with Crippen molar-refractivity contribution in [2.45, 2.75) is 19.6 Å². The van der Waals surface area contributed by atoms with E-state index in [9.17, 15) is 9.59 Å². The Bertz CT molecular complexity index is 2320. The molecule has 0 unspecified atom stereocenters. The molecule has 1 aliphatic heterocycles. The fraction of sp³-hybridized carbons (Fsp3) is 0.125. The van der Waals surface area contributed by atoms with Crippen molar-refractivity contribution in [3.8, 4) is 11.5 Å². The molecule has 7 nitrogen and oxygen atoms in total. The summed E-state index contributed by atoms with van der Waals surface area (Å²) in [5, 5.41) is 2.34. The lowest BCUT2D eigenvalue weighted by atomic mass is 9.93. The van der Waals surface area contributed by atoms with Crippen molar-refractivity contribution in [1.29, 1.82) is 0 Å². The summed E-state index contributed by atoms with van der Waals surface area (Å²) in [6.07, 6.45) is 1.85. The van der Waals surface area contributed by atoms with Gasteiger partial charge in [0.2, 0.25) is 0 Å². The SMILES string of the molecule is CCOC(=O)C1=C(c2ccccc2)N=c2s/c(=C\c3ccc(OCc4cccc5ccccc45)cc3)c(=O)n2[C@H]1c1ccc(OC)cc1. The molecule has 1 aromatic heterocycles. The number of esters is 1. The number of nitrogens with zero attached hydrogens (tertiary/aromatic N) is 2. The van der Waals surface area contributed by atoms with E-state index < -0.39 is 12.0 Å².